The molecule has 21 heavy (non-hydrogen) atoms. The second-order valence-corrected chi connectivity index (χ2v) is 6.75. The van der Waals surface area contributed by atoms with Gasteiger partial charge in [0.05, 0.1) is 16.6 Å². The third kappa shape index (κ3) is 7.02. The van der Waals surface area contributed by atoms with E-state index in [0.717, 1.165) is 0 Å². The summed E-state index contributed by atoms with van der Waals surface area (Å²) in [6, 6.07) is 5.22. The molecule has 6 heteroatoms. The number of likely N-dealkylation sites (N-methyl/N-ethyl adjacent to an activating group) is 1. The molecule has 0 radical (unpaired) electrons. The van der Waals surface area contributed by atoms with Gasteiger partial charge in [-0.25, -0.2) is 0 Å². The van der Waals surface area contributed by atoms with Crippen LogP contribution in [0.4, 0.5) is 0 Å². The Morgan fingerprint density at radius 2 is 1.86 bits per heavy atom. The number of carbonyl (C=O) groups is 1. The first-order valence-corrected chi connectivity index (χ1v) is 7.51. The third-order valence-electron chi connectivity index (χ3n) is 2.57. The molecule has 0 spiro atoms. The van der Waals surface area contributed by atoms with Gasteiger partial charge in [0, 0.05) is 12.1 Å². The van der Waals surface area contributed by atoms with E-state index < -0.39 is 0 Å². The molecule has 0 fully saturated rings. The minimum atomic E-state index is -0.223. The summed E-state index contributed by atoms with van der Waals surface area (Å²) in [5.74, 6) is 0.467. The van der Waals surface area contributed by atoms with Crippen molar-refractivity contribution < 1.29 is 9.53 Å². The molecule has 0 aromatic heterocycles. The van der Waals surface area contributed by atoms with Crippen molar-refractivity contribution >= 4 is 29.1 Å². The van der Waals surface area contributed by atoms with E-state index in [1.54, 1.807) is 18.2 Å². The van der Waals surface area contributed by atoms with E-state index >= 15 is 0 Å². The molecule has 4 nitrogen and oxygen atoms in total. The number of rotatable bonds is 6. The summed E-state index contributed by atoms with van der Waals surface area (Å²) in [4.78, 5) is 13.7. The molecule has 0 aliphatic carbocycles. The van der Waals surface area contributed by atoms with E-state index in [2.05, 4.69) is 5.32 Å². The minimum absolute atomic E-state index is 0.0132. The lowest BCUT2D eigenvalue weighted by Crippen LogP contribution is -2.45. The molecule has 1 aromatic carbocycles. The van der Waals surface area contributed by atoms with Gasteiger partial charge in [-0.15, -0.1) is 0 Å². The highest BCUT2D eigenvalue weighted by atomic mass is 35.5. The fourth-order valence-corrected chi connectivity index (χ4v) is 2.21. The number of para-hydroxylation sites is 1. The summed E-state index contributed by atoms with van der Waals surface area (Å²) in [5, 5.41) is 3.88. The van der Waals surface area contributed by atoms with Crippen LogP contribution in [-0.2, 0) is 4.79 Å². The Hall–Kier alpha value is -0.970. The van der Waals surface area contributed by atoms with Gasteiger partial charge in [-0.2, -0.15) is 0 Å². The fraction of sp³-hybridized carbons (Fsp3) is 0.533. The summed E-state index contributed by atoms with van der Waals surface area (Å²) in [6.07, 6.45) is 0. The Labute approximate surface area is 136 Å². The highest BCUT2D eigenvalue weighted by molar-refractivity contribution is 6.37. The van der Waals surface area contributed by atoms with Gasteiger partial charge in [0.25, 0.3) is 0 Å². The van der Waals surface area contributed by atoms with Gasteiger partial charge in [0.2, 0.25) is 5.91 Å². The van der Waals surface area contributed by atoms with E-state index in [4.69, 9.17) is 27.9 Å². The zero-order chi connectivity index (χ0) is 16.0. The largest absolute Gasteiger partial charge is 0.489 e. The van der Waals surface area contributed by atoms with E-state index in [0.29, 0.717) is 35.5 Å². The van der Waals surface area contributed by atoms with Gasteiger partial charge in [0.1, 0.15) is 6.61 Å². The number of hydrogen-bond acceptors (Lipinski definition) is 3. The SMILES string of the molecule is CN(CCOc1c(Cl)cccc1Cl)CC(=O)NC(C)(C)C. The number of hydrogen-bond donors (Lipinski definition) is 1. The van der Waals surface area contributed by atoms with Crippen LogP contribution in [0.5, 0.6) is 5.75 Å². The first-order chi connectivity index (χ1) is 9.69. The Morgan fingerprint density at radius 1 is 1.29 bits per heavy atom. The Balaban J connectivity index is 2.37. The molecule has 118 valence electrons. The normalized spacial score (nSPS) is 11.6. The lowest BCUT2D eigenvalue weighted by Gasteiger charge is -2.23. The molecule has 0 heterocycles. The predicted molar refractivity (Wildman–Crippen MR) is 87.3 cm³/mol. The standard InChI is InChI=1S/C15H22Cl2N2O2/c1-15(2,3)18-13(20)10-19(4)8-9-21-14-11(16)6-5-7-12(14)17/h5-7H,8-10H2,1-4H3,(H,18,20). The number of carbonyl (C=O) groups excluding carboxylic acids is 1. The number of ether oxygens (including phenoxy) is 1. The van der Waals surface area contributed by atoms with Crippen molar-refractivity contribution in [3.8, 4) is 5.75 Å². The van der Waals surface area contributed by atoms with Crippen molar-refractivity contribution in [3.63, 3.8) is 0 Å². The lowest BCUT2D eigenvalue weighted by atomic mass is 10.1. The first kappa shape index (κ1) is 18.1. The van der Waals surface area contributed by atoms with Gasteiger partial charge in [0.15, 0.2) is 5.75 Å². The van der Waals surface area contributed by atoms with Gasteiger partial charge in [-0.1, -0.05) is 29.3 Å². The Kier molecular flexibility index (Phi) is 6.78. The molecule has 0 aliphatic heterocycles. The number of nitrogens with one attached hydrogen (secondary N) is 1. The number of benzene rings is 1. The van der Waals surface area contributed by atoms with Crippen LogP contribution in [0.15, 0.2) is 18.2 Å². The van der Waals surface area contributed by atoms with Gasteiger partial charge < -0.3 is 10.1 Å². The Morgan fingerprint density at radius 3 is 2.38 bits per heavy atom. The molecule has 0 bridgehead atoms. The van der Waals surface area contributed by atoms with Crippen LogP contribution in [0.3, 0.4) is 0 Å². The van der Waals surface area contributed by atoms with Crippen LogP contribution in [0.2, 0.25) is 10.0 Å². The number of halogens is 2. The lowest BCUT2D eigenvalue weighted by molar-refractivity contribution is -0.123. The monoisotopic (exact) mass is 332 g/mol. The summed E-state index contributed by atoms with van der Waals surface area (Å²) in [5.41, 5.74) is -0.223. The van der Waals surface area contributed by atoms with E-state index in [1.807, 2.05) is 32.7 Å². The van der Waals surface area contributed by atoms with Crippen molar-refractivity contribution in [2.75, 3.05) is 26.7 Å². The van der Waals surface area contributed by atoms with Crippen LogP contribution >= 0.6 is 23.2 Å². The van der Waals surface area contributed by atoms with Crippen molar-refractivity contribution in [1.82, 2.24) is 10.2 Å². The molecule has 0 atom stereocenters. The maximum Gasteiger partial charge on any atom is 0.234 e. The molecule has 1 aromatic rings. The third-order valence-corrected chi connectivity index (χ3v) is 3.16. The summed E-state index contributed by atoms with van der Waals surface area (Å²) in [6.45, 7) is 7.17. The Bertz CT molecular complexity index is 467. The molecule has 1 amide bonds. The zero-order valence-electron chi connectivity index (χ0n) is 12.9. The summed E-state index contributed by atoms with van der Waals surface area (Å²) in [7, 11) is 1.86. The van der Waals surface area contributed by atoms with Crippen LogP contribution in [-0.4, -0.2) is 43.1 Å². The average molecular weight is 333 g/mol. The van der Waals surface area contributed by atoms with Crippen LogP contribution in [0.25, 0.3) is 0 Å². The van der Waals surface area contributed by atoms with Crippen molar-refractivity contribution in [2.45, 2.75) is 26.3 Å². The van der Waals surface area contributed by atoms with E-state index in [-0.39, 0.29) is 11.4 Å². The van der Waals surface area contributed by atoms with Crippen LogP contribution in [0.1, 0.15) is 20.8 Å². The number of nitrogens with zero attached hydrogens (tertiary/aromatic N) is 1. The van der Waals surface area contributed by atoms with Gasteiger partial charge >= 0.3 is 0 Å². The van der Waals surface area contributed by atoms with E-state index in [9.17, 15) is 4.79 Å². The van der Waals surface area contributed by atoms with Crippen LogP contribution < -0.4 is 10.1 Å². The van der Waals surface area contributed by atoms with Gasteiger partial charge in [-0.05, 0) is 40.0 Å². The number of amides is 1. The molecular weight excluding hydrogens is 311 g/mol. The molecule has 1 rings (SSSR count). The van der Waals surface area contributed by atoms with Crippen molar-refractivity contribution in [3.05, 3.63) is 28.2 Å². The van der Waals surface area contributed by atoms with Crippen molar-refractivity contribution in [1.29, 1.82) is 0 Å². The second-order valence-electron chi connectivity index (χ2n) is 5.94. The predicted octanol–water partition coefficient (Wildman–Crippen LogP) is 3.22. The van der Waals surface area contributed by atoms with Crippen LogP contribution in [0, 0.1) is 0 Å². The quantitative estimate of drug-likeness (QED) is 0.869. The molecular formula is C15H22Cl2N2O2. The van der Waals surface area contributed by atoms with Crippen molar-refractivity contribution in [2.24, 2.45) is 0 Å². The maximum absolute atomic E-state index is 11.8. The molecule has 0 saturated heterocycles. The second kappa shape index (κ2) is 7.87. The minimum Gasteiger partial charge on any atom is -0.489 e. The molecule has 0 saturated carbocycles. The summed E-state index contributed by atoms with van der Waals surface area (Å²) >= 11 is 12.0. The molecule has 1 N–H and O–H groups in total. The topological polar surface area (TPSA) is 41.6 Å². The summed E-state index contributed by atoms with van der Waals surface area (Å²) < 4.78 is 5.58. The zero-order valence-corrected chi connectivity index (χ0v) is 14.4. The van der Waals surface area contributed by atoms with E-state index in [1.165, 1.54) is 0 Å². The fourth-order valence-electron chi connectivity index (χ4n) is 1.71. The average Bonchev–Trinajstić information content (AvgIpc) is 2.30. The highest BCUT2D eigenvalue weighted by Gasteiger charge is 2.15. The maximum atomic E-state index is 11.8. The highest BCUT2D eigenvalue weighted by Crippen LogP contribution is 2.32. The molecule has 0 unspecified atom stereocenters. The first-order valence-electron chi connectivity index (χ1n) is 6.75. The van der Waals surface area contributed by atoms with Gasteiger partial charge in [-0.3, -0.25) is 9.69 Å². The smallest absolute Gasteiger partial charge is 0.234 e. The molecule has 0 aliphatic rings.